The van der Waals surface area contributed by atoms with Crippen molar-refractivity contribution in [1.29, 1.82) is 0 Å². The zero-order valence-electron chi connectivity index (χ0n) is 18.8. The second kappa shape index (κ2) is 10.8. The van der Waals surface area contributed by atoms with Crippen LogP contribution in [0.4, 0.5) is 0 Å². The van der Waals surface area contributed by atoms with Crippen LogP contribution in [0, 0.1) is 29.6 Å². The number of ketones is 1. The van der Waals surface area contributed by atoms with Crippen molar-refractivity contribution in [2.75, 3.05) is 13.2 Å². The van der Waals surface area contributed by atoms with Gasteiger partial charge in [0.15, 0.2) is 0 Å². The molecule has 0 aromatic carbocycles. The summed E-state index contributed by atoms with van der Waals surface area (Å²) in [6.45, 7) is 11.8. The van der Waals surface area contributed by atoms with Gasteiger partial charge in [-0.25, -0.2) is 0 Å². The molecule has 0 radical (unpaired) electrons. The standard InChI is InChI=1S/C24H42O4/c1-6-17(2)22(25)20-11-13-21(14-12-20)23(26)27-15-18-7-9-19(10-8-18)16-28-24(3,4)5/h17-21H,6-16H2,1-5H3. The molecule has 4 nitrogen and oxygen atoms in total. The minimum absolute atomic E-state index is 0.00231. The topological polar surface area (TPSA) is 52.6 Å². The normalized spacial score (nSPS) is 29.9. The molecule has 2 aliphatic rings. The Morgan fingerprint density at radius 1 is 0.857 bits per heavy atom. The third-order valence-electron chi connectivity index (χ3n) is 6.74. The molecule has 162 valence electrons. The van der Waals surface area contributed by atoms with Gasteiger partial charge in [0.2, 0.25) is 0 Å². The summed E-state index contributed by atoms with van der Waals surface area (Å²) in [4.78, 5) is 24.8. The molecule has 2 aliphatic carbocycles. The Bertz CT molecular complexity index is 491. The van der Waals surface area contributed by atoms with Gasteiger partial charge in [-0.15, -0.1) is 0 Å². The monoisotopic (exact) mass is 394 g/mol. The fraction of sp³-hybridized carbons (Fsp3) is 0.917. The number of carbonyl (C=O) groups excluding carboxylic acids is 2. The molecule has 0 bridgehead atoms. The van der Waals surface area contributed by atoms with E-state index in [-0.39, 0.29) is 29.3 Å². The first-order chi connectivity index (χ1) is 13.2. The number of Topliss-reactive ketones (excluding diaryl/α,β-unsaturated/α-hetero) is 1. The van der Waals surface area contributed by atoms with Crippen molar-refractivity contribution in [3.63, 3.8) is 0 Å². The highest BCUT2D eigenvalue weighted by atomic mass is 16.5. The number of ether oxygens (including phenoxy) is 2. The molecular weight excluding hydrogens is 352 g/mol. The molecule has 28 heavy (non-hydrogen) atoms. The van der Waals surface area contributed by atoms with Crippen LogP contribution in [-0.2, 0) is 19.1 Å². The summed E-state index contributed by atoms with van der Waals surface area (Å²) in [5.74, 6) is 1.80. The Hall–Kier alpha value is -0.900. The average molecular weight is 395 g/mol. The summed E-state index contributed by atoms with van der Waals surface area (Å²) in [5, 5.41) is 0. The number of hydrogen-bond donors (Lipinski definition) is 0. The van der Waals surface area contributed by atoms with Crippen LogP contribution < -0.4 is 0 Å². The zero-order chi connectivity index (χ0) is 20.7. The molecule has 1 unspecified atom stereocenters. The van der Waals surface area contributed by atoms with Crippen LogP contribution in [0.2, 0.25) is 0 Å². The van der Waals surface area contributed by atoms with E-state index in [0.717, 1.165) is 51.6 Å². The van der Waals surface area contributed by atoms with E-state index in [1.807, 2.05) is 6.92 Å². The molecule has 0 aromatic heterocycles. The molecule has 0 heterocycles. The summed E-state index contributed by atoms with van der Waals surface area (Å²) in [5.41, 5.74) is -0.0649. The molecule has 0 aliphatic heterocycles. The maximum Gasteiger partial charge on any atom is 0.308 e. The fourth-order valence-electron chi connectivity index (χ4n) is 4.47. The predicted octanol–water partition coefficient (Wildman–Crippen LogP) is 5.57. The van der Waals surface area contributed by atoms with Crippen LogP contribution in [-0.4, -0.2) is 30.6 Å². The highest BCUT2D eigenvalue weighted by molar-refractivity contribution is 5.83. The van der Waals surface area contributed by atoms with Crippen molar-refractivity contribution in [3.8, 4) is 0 Å². The maximum atomic E-state index is 12.5. The lowest BCUT2D eigenvalue weighted by Gasteiger charge is -2.31. The van der Waals surface area contributed by atoms with Gasteiger partial charge in [-0.2, -0.15) is 0 Å². The van der Waals surface area contributed by atoms with Gasteiger partial charge in [-0.1, -0.05) is 13.8 Å². The van der Waals surface area contributed by atoms with E-state index in [4.69, 9.17) is 9.47 Å². The Morgan fingerprint density at radius 2 is 1.36 bits per heavy atom. The van der Waals surface area contributed by atoms with Crippen LogP contribution in [0.5, 0.6) is 0 Å². The second-order valence-corrected chi connectivity index (χ2v) is 10.2. The van der Waals surface area contributed by atoms with Gasteiger partial charge in [0.1, 0.15) is 5.78 Å². The first-order valence-electron chi connectivity index (χ1n) is 11.5. The molecule has 0 amide bonds. The van der Waals surface area contributed by atoms with Gasteiger partial charge >= 0.3 is 5.97 Å². The number of hydrogen-bond acceptors (Lipinski definition) is 4. The van der Waals surface area contributed by atoms with Crippen molar-refractivity contribution < 1.29 is 19.1 Å². The number of esters is 1. The van der Waals surface area contributed by atoms with E-state index in [1.54, 1.807) is 0 Å². The molecule has 0 N–H and O–H groups in total. The van der Waals surface area contributed by atoms with Gasteiger partial charge < -0.3 is 9.47 Å². The Balaban J connectivity index is 1.63. The first-order valence-corrected chi connectivity index (χ1v) is 11.5. The average Bonchev–Trinajstić information content (AvgIpc) is 2.69. The molecule has 2 saturated carbocycles. The van der Waals surface area contributed by atoms with E-state index < -0.39 is 0 Å². The number of rotatable bonds is 8. The quantitative estimate of drug-likeness (QED) is 0.505. The highest BCUT2D eigenvalue weighted by Crippen LogP contribution is 2.33. The van der Waals surface area contributed by atoms with E-state index >= 15 is 0 Å². The minimum Gasteiger partial charge on any atom is -0.465 e. The van der Waals surface area contributed by atoms with Gasteiger partial charge in [-0.3, -0.25) is 9.59 Å². The van der Waals surface area contributed by atoms with Crippen molar-refractivity contribution in [3.05, 3.63) is 0 Å². The molecule has 1 atom stereocenters. The Kier molecular flexibility index (Phi) is 8.98. The molecular formula is C24H42O4. The summed E-state index contributed by atoms with van der Waals surface area (Å²) >= 11 is 0. The minimum atomic E-state index is -0.0649. The molecule has 4 heteroatoms. The highest BCUT2D eigenvalue weighted by Gasteiger charge is 2.32. The van der Waals surface area contributed by atoms with Gasteiger partial charge in [0, 0.05) is 11.8 Å². The van der Waals surface area contributed by atoms with Gasteiger partial charge in [-0.05, 0) is 90.4 Å². The lowest BCUT2D eigenvalue weighted by atomic mass is 9.77. The summed E-state index contributed by atoms with van der Waals surface area (Å²) in [7, 11) is 0. The lowest BCUT2D eigenvalue weighted by Crippen LogP contribution is -2.31. The Labute approximate surface area is 172 Å². The summed E-state index contributed by atoms with van der Waals surface area (Å²) in [6.07, 6.45) is 8.81. The Morgan fingerprint density at radius 3 is 1.86 bits per heavy atom. The SMILES string of the molecule is CCC(C)C(=O)C1CCC(C(=O)OCC2CCC(COC(C)(C)C)CC2)CC1. The van der Waals surface area contributed by atoms with Crippen molar-refractivity contribution in [2.24, 2.45) is 29.6 Å². The predicted molar refractivity (Wildman–Crippen MR) is 112 cm³/mol. The number of carbonyl (C=O) groups is 2. The van der Waals surface area contributed by atoms with Crippen molar-refractivity contribution in [1.82, 2.24) is 0 Å². The second-order valence-electron chi connectivity index (χ2n) is 10.2. The molecule has 0 saturated heterocycles. The molecule has 0 aromatic rings. The summed E-state index contributed by atoms with van der Waals surface area (Å²) in [6, 6.07) is 0. The van der Waals surface area contributed by atoms with Crippen molar-refractivity contribution >= 4 is 11.8 Å². The largest absolute Gasteiger partial charge is 0.465 e. The fourth-order valence-corrected chi connectivity index (χ4v) is 4.47. The third kappa shape index (κ3) is 7.50. The van der Waals surface area contributed by atoms with Crippen LogP contribution in [0.15, 0.2) is 0 Å². The third-order valence-corrected chi connectivity index (χ3v) is 6.74. The molecule has 0 spiro atoms. The van der Waals surface area contributed by atoms with Gasteiger partial charge in [0.05, 0.1) is 24.7 Å². The van der Waals surface area contributed by atoms with Gasteiger partial charge in [0.25, 0.3) is 0 Å². The maximum absolute atomic E-state index is 12.5. The smallest absolute Gasteiger partial charge is 0.308 e. The molecule has 2 fully saturated rings. The van der Waals surface area contributed by atoms with E-state index in [1.165, 1.54) is 12.8 Å². The van der Waals surface area contributed by atoms with Crippen LogP contribution in [0.3, 0.4) is 0 Å². The van der Waals surface area contributed by atoms with Crippen LogP contribution in [0.1, 0.15) is 92.4 Å². The zero-order valence-corrected chi connectivity index (χ0v) is 18.8. The lowest BCUT2D eigenvalue weighted by molar-refractivity contribution is -0.152. The summed E-state index contributed by atoms with van der Waals surface area (Å²) < 4.78 is 11.6. The van der Waals surface area contributed by atoms with Crippen LogP contribution in [0.25, 0.3) is 0 Å². The van der Waals surface area contributed by atoms with E-state index in [0.29, 0.717) is 24.2 Å². The van der Waals surface area contributed by atoms with E-state index in [9.17, 15) is 9.59 Å². The first kappa shape index (κ1) is 23.4. The van der Waals surface area contributed by atoms with E-state index in [2.05, 4.69) is 27.7 Å². The molecule has 2 rings (SSSR count). The van der Waals surface area contributed by atoms with Crippen LogP contribution >= 0.6 is 0 Å². The van der Waals surface area contributed by atoms with Crippen molar-refractivity contribution in [2.45, 2.75) is 98.0 Å².